The standard InChI is InChI=1S/C20H22N2O3/c23-19(24)17-11-9-16(10-12-17)15-22(18-7-3-1-4-8-18)20(25)21-13-5-2-6-14-21/h1,3-4,7-12H,2,5-6,13-15H2,(H,23,24). The first kappa shape index (κ1) is 17.0. The molecule has 1 N–H and O–H groups in total. The van der Waals surface area contributed by atoms with Crippen LogP contribution in [-0.2, 0) is 6.54 Å². The maximum Gasteiger partial charge on any atom is 0.335 e. The van der Waals surface area contributed by atoms with Gasteiger partial charge in [0.25, 0.3) is 0 Å². The number of carboxylic acids is 1. The van der Waals surface area contributed by atoms with Crippen molar-refractivity contribution in [1.82, 2.24) is 4.90 Å². The fraction of sp³-hybridized carbons (Fsp3) is 0.300. The van der Waals surface area contributed by atoms with Gasteiger partial charge >= 0.3 is 12.0 Å². The molecule has 3 rings (SSSR count). The van der Waals surface area contributed by atoms with E-state index in [2.05, 4.69) is 0 Å². The van der Waals surface area contributed by atoms with Crippen LogP contribution in [0.2, 0.25) is 0 Å². The molecule has 2 aromatic carbocycles. The van der Waals surface area contributed by atoms with Gasteiger partial charge in [0.1, 0.15) is 0 Å². The Morgan fingerprint density at radius 3 is 2.16 bits per heavy atom. The van der Waals surface area contributed by atoms with Gasteiger partial charge in [-0.1, -0.05) is 30.3 Å². The van der Waals surface area contributed by atoms with Crippen LogP contribution in [0.3, 0.4) is 0 Å². The number of rotatable bonds is 4. The summed E-state index contributed by atoms with van der Waals surface area (Å²) >= 11 is 0. The number of carbonyl (C=O) groups excluding carboxylic acids is 1. The molecule has 1 aliphatic rings. The van der Waals surface area contributed by atoms with Gasteiger partial charge in [-0.3, -0.25) is 4.90 Å². The fourth-order valence-corrected chi connectivity index (χ4v) is 3.07. The Morgan fingerprint density at radius 2 is 1.56 bits per heavy atom. The van der Waals surface area contributed by atoms with Crippen LogP contribution in [0.5, 0.6) is 0 Å². The minimum absolute atomic E-state index is 0.00760. The van der Waals surface area contributed by atoms with Crippen molar-refractivity contribution in [3.8, 4) is 0 Å². The lowest BCUT2D eigenvalue weighted by Gasteiger charge is -2.33. The lowest BCUT2D eigenvalue weighted by molar-refractivity contribution is 0.0697. The second-order valence-corrected chi connectivity index (χ2v) is 6.25. The second-order valence-electron chi connectivity index (χ2n) is 6.25. The monoisotopic (exact) mass is 338 g/mol. The zero-order valence-corrected chi connectivity index (χ0v) is 14.1. The molecule has 2 amide bonds. The van der Waals surface area contributed by atoms with Crippen LogP contribution < -0.4 is 4.90 Å². The van der Waals surface area contributed by atoms with Crippen LogP contribution in [0.25, 0.3) is 0 Å². The summed E-state index contributed by atoms with van der Waals surface area (Å²) in [6, 6.07) is 16.3. The molecule has 0 unspecified atom stereocenters. The summed E-state index contributed by atoms with van der Waals surface area (Å²) in [4.78, 5) is 27.7. The quantitative estimate of drug-likeness (QED) is 0.917. The van der Waals surface area contributed by atoms with E-state index in [1.165, 1.54) is 6.42 Å². The van der Waals surface area contributed by atoms with Crippen molar-refractivity contribution in [1.29, 1.82) is 0 Å². The van der Waals surface area contributed by atoms with Crippen LogP contribution in [0.4, 0.5) is 10.5 Å². The summed E-state index contributed by atoms with van der Waals surface area (Å²) in [5, 5.41) is 9.02. The SMILES string of the molecule is O=C(O)c1ccc(CN(C(=O)N2CCCCC2)c2ccccc2)cc1. The Bertz CT molecular complexity index is 722. The first-order chi connectivity index (χ1) is 12.1. The highest BCUT2D eigenvalue weighted by molar-refractivity contribution is 5.92. The average molecular weight is 338 g/mol. The van der Waals surface area contributed by atoms with E-state index >= 15 is 0 Å². The van der Waals surface area contributed by atoms with E-state index in [1.54, 1.807) is 29.2 Å². The molecule has 130 valence electrons. The van der Waals surface area contributed by atoms with Crippen LogP contribution in [0.15, 0.2) is 54.6 Å². The van der Waals surface area contributed by atoms with Gasteiger partial charge in [0.15, 0.2) is 0 Å². The summed E-state index contributed by atoms with van der Waals surface area (Å²) in [6.07, 6.45) is 3.26. The number of aromatic carboxylic acids is 1. The molecule has 0 saturated carbocycles. The van der Waals surface area contributed by atoms with Crippen LogP contribution in [-0.4, -0.2) is 35.1 Å². The van der Waals surface area contributed by atoms with Gasteiger partial charge in [0, 0.05) is 18.8 Å². The van der Waals surface area contributed by atoms with E-state index in [9.17, 15) is 9.59 Å². The number of hydrogen-bond donors (Lipinski definition) is 1. The molecule has 0 aromatic heterocycles. The van der Waals surface area contributed by atoms with Crippen molar-refractivity contribution in [3.05, 3.63) is 65.7 Å². The van der Waals surface area contributed by atoms with Gasteiger partial charge in [0.2, 0.25) is 0 Å². The Labute approximate surface area is 147 Å². The molecule has 5 heteroatoms. The fourth-order valence-electron chi connectivity index (χ4n) is 3.07. The Morgan fingerprint density at radius 1 is 0.920 bits per heavy atom. The lowest BCUT2D eigenvalue weighted by Crippen LogP contribution is -2.45. The predicted molar refractivity (Wildman–Crippen MR) is 96.8 cm³/mol. The number of hydrogen-bond acceptors (Lipinski definition) is 2. The van der Waals surface area contributed by atoms with Crippen molar-refractivity contribution in [2.45, 2.75) is 25.8 Å². The van der Waals surface area contributed by atoms with Gasteiger partial charge in [-0.2, -0.15) is 0 Å². The molecule has 0 bridgehead atoms. The highest BCUT2D eigenvalue weighted by Crippen LogP contribution is 2.21. The number of urea groups is 1. The number of carbonyl (C=O) groups is 2. The van der Waals surface area contributed by atoms with Crippen molar-refractivity contribution in [3.63, 3.8) is 0 Å². The third-order valence-electron chi connectivity index (χ3n) is 4.47. The van der Waals surface area contributed by atoms with Crippen molar-refractivity contribution < 1.29 is 14.7 Å². The van der Waals surface area contributed by atoms with Crippen LogP contribution in [0.1, 0.15) is 35.2 Å². The minimum atomic E-state index is -0.948. The molecule has 2 aromatic rings. The maximum atomic E-state index is 13.0. The smallest absolute Gasteiger partial charge is 0.335 e. The summed E-state index contributed by atoms with van der Waals surface area (Å²) in [5.74, 6) is -0.948. The zero-order valence-electron chi connectivity index (χ0n) is 14.1. The highest BCUT2D eigenvalue weighted by Gasteiger charge is 2.24. The molecule has 0 atom stereocenters. The molecule has 0 spiro atoms. The topological polar surface area (TPSA) is 60.9 Å². The van der Waals surface area contributed by atoms with Crippen LogP contribution in [0, 0.1) is 0 Å². The molecular formula is C20H22N2O3. The number of nitrogens with zero attached hydrogens (tertiary/aromatic N) is 2. The third kappa shape index (κ3) is 4.18. The van der Waals surface area contributed by atoms with E-state index in [4.69, 9.17) is 5.11 Å². The lowest BCUT2D eigenvalue weighted by atomic mass is 10.1. The van der Waals surface area contributed by atoms with E-state index in [0.29, 0.717) is 6.54 Å². The van der Waals surface area contributed by atoms with E-state index < -0.39 is 5.97 Å². The summed E-state index contributed by atoms with van der Waals surface area (Å²) in [6.45, 7) is 2.00. The van der Waals surface area contributed by atoms with Crippen molar-refractivity contribution >= 4 is 17.7 Å². The largest absolute Gasteiger partial charge is 0.478 e. The summed E-state index contributed by atoms with van der Waals surface area (Å²) < 4.78 is 0. The maximum absolute atomic E-state index is 13.0. The molecule has 0 aliphatic carbocycles. The van der Waals surface area contributed by atoms with Crippen molar-refractivity contribution in [2.75, 3.05) is 18.0 Å². The zero-order chi connectivity index (χ0) is 17.6. The predicted octanol–water partition coefficient (Wildman–Crippen LogP) is 4.00. The van der Waals surface area contributed by atoms with Gasteiger partial charge in [-0.15, -0.1) is 0 Å². The molecule has 1 fully saturated rings. The normalized spacial score (nSPS) is 14.2. The first-order valence-corrected chi connectivity index (χ1v) is 8.59. The van der Waals surface area contributed by atoms with Gasteiger partial charge in [0.05, 0.1) is 12.1 Å². The molecule has 0 radical (unpaired) electrons. The van der Waals surface area contributed by atoms with E-state index in [-0.39, 0.29) is 11.6 Å². The summed E-state index contributed by atoms with van der Waals surface area (Å²) in [7, 11) is 0. The van der Waals surface area contributed by atoms with Gasteiger partial charge < -0.3 is 10.0 Å². The number of anilines is 1. The number of carboxylic acid groups (broad SMARTS) is 1. The molecular weight excluding hydrogens is 316 g/mol. The van der Waals surface area contributed by atoms with Crippen LogP contribution >= 0.6 is 0 Å². The van der Waals surface area contributed by atoms with E-state index in [1.807, 2.05) is 35.2 Å². The first-order valence-electron chi connectivity index (χ1n) is 8.59. The highest BCUT2D eigenvalue weighted by atomic mass is 16.4. The molecule has 25 heavy (non-hydrogen) atoms. The molecule has 1 heterocycles. The number of likely N-dealkylation sites (tertiary alicyclic amines) is 1. The number of piperidine rings is 1. The Kier molecular flexibility index (Phi) is 5.33. The average Bonchev–Trinajstić information content (AvgIpc) is 2.67. The van der Waals surface area contributed by atoms with E-state index in [0.717, 1.165) is 37.2 Å². The minimum Gasteiger partial charge on any atom is -0.478 e. The number of para-hydroxylation sites is 1. The molecule has 5 nitrogen and oxygen atoms in total. The van der Waals surface area contributed by atoms with Gasteiger partial charge in [-0.05, 0) is 49.1 Å². The third-order valence-corrected chi connectivity index (χ3v) is 4.47. The number of benzene rings is 2. The number of amides is 2. The Hall–Kier alpha value is -2.82. The van der Waals surface area contributed by atoms with Crippen molar-refractivity contribution in [2.24, 2.45) is 0 Å². The molecule has 1 saturated heterocycles. The summed E-state index contributed by atoms with van der Waals surface area (Å²) in [5.41, 5.74) is 2.00. The Balaban J connectivity index is 1.83. The van der Waals surface area contributed by atoms with Gasteiger partial charge in [-0.25, -0.2) is 9.59 Å². The molecule has 1 aliphatic heterocycles. The second kappa shape index (κ2) is 7.83.